The van der Waals surface area contributed by atoms with Crippen molar-refractivity contribution in [1.29, 1.82) is 0 Å². The normalized spacial score (nSPS) is 30.7. The fourth-order valence-corrected chi connectivity index (χ4v) is 3.78. The van der Waals surface area contributed by atoms with Crippen molar-refractivity contribution in [2.75, 3.05) is 13.6 Å². The Morgan fingerprint density at radius 2 is 1.79 bits per heavy atom. The first-order valence-electron chi connectivity index (χ1n) is 7.43. The van der Waals surface area contributed by atoms with Gasteiger partial charge in [-0.05, 0) is 56.8 Å². The van der Waals surface area contributed by atoms with Crippen LogP contribution in [0.25, 0.3) is 0 Å². The van der Waals surface area contributed by atoms with Crippen LogP contribution < -0.4 is 5.32 Å². The molecule has 0 amide bonds. The predicted molar refractivity (Wildman–Crippen MR) is 75.7 cm³/mol. The van der Waals surface area contributed by atoms with Crippen molar-refractivity contribution in [3.63, 3.8) is 0 Å². The first-order valence-corrected chi connectivity index (χ1v) is 7.43. The first-order chi connectivity index (χ1) is 9.26. The molecule has 1 aromatic carbocycles. The summed E-state index contributed by atoms with van der Waals surface area (Å²) in [5.41, 5.74) is 1.25. The standard InChI is InChI=1S/C16H23FN2/c1-18-14-10-15-6-7-16(11-14)19(15)9-8-12-2-4-13(17)5-3-12/h2-5,14-16,18H,6-11H2,1H3. The van der Waals surface area contributed by atoms with Gasteiger partial charge in [-0.2, -0.15) is 0 Å². The summed E-state index contributed by atoms with van der Waals surface area (Å²) in [5.74, 6) is -0.140. The predicted octanol–water partition coefficient (Wildman–Crippen LogP) is 2.58. The van der Waals surface area contributed by atoms with E-state index in [1.54, 1.807) is 12.1 Å². The van der Waals surface area contributed by atoms with Gasteiger partial charge in [0.15, 0.2) is 0 Å². The van der Waals surface area contributed by atoms with Crippen molar-refractivity contribution in [2.45, 2.75) is 50.2 Å². The molecule has 1 N–H and O–H groups in total. The zero-order valence-electron chi connectivity index (χ0n) is 11.6. The molecule has 0 radical (unpaired) electrons. The highest BCUT2D eigenvalue weighted by Crippen LogP contribution is 2.35. The number of nitrogens with zero attached hydrogens (tertiary/aromatic N) is 1. The van der Waals surface area contributed by atoms with Crippen LogP contribution in [0.1, 0.15) is 31.2 Å². The third-order valence-electron chi connectivity index (χ3n) is 4.86. The second kappa shape index (κ2) is 5.59. The highest BCUT2D eigenvalue weighted by Gasteiger charge is 2.39. The number of nitrogens with one attached hydrogen (secondary N) is 1. The highest BCUT2D eigenvalue weighted by atomic mass is 19.1. The summed E-state index contributed by atoms with van der Waals surface area (Å²) in [5, 5.41) is 3.44. The molecule has 2 heterocycles. The van der Waals surface area contributed by atoms with Gasteiger partial charge >= 0.3 is 0 Å². The second-order valence-corrected chi connectivity index (χ2v) is 5.96. The van der Waals surface area contributed by atoms with E-state index in [9.17, 15) is 4.39 Å². The molecule has 2 aliphatic rings. The van der Waals surface area contributed by atoms with Crippen molar-refractivity contribution >= 4 is 0 Å². The monoisotopic (exact) mass is 262 g/mol. The number of benzene rings is 1. The van der Waals surface area contributed by atoms with Crippen LogP contribution in [0.5, 0.6) is 0 Å². The molecule has 19 heavy (non-hydrogen) atoms. The van der Waals surface area contributed by atoms with Crippen LogP contribution in [-0.4, -0.2) is 36.6 Å². The highest BCUT2D eigenvalue weighted by molar-refractivity contribution is 5.16. The molecule has 2 nitrogen and oxygen atoms in total. The fraction of sp³-hybridized carbons (Fsp3) is 0.625. The smallest absolute Gasteiger partial charge is 0.123 e. The maximum Gasteiger partial charge on any atom is 0.123 e. The van der Waals surface area contributed by atoms with Gasteiger partial charge in [-0.25, -0.2) is 4.39 Å². The lowest BCUT2D eigenvalue weighted by molar-refractivity contribution is 0.121. The maximum atomic E-state index is 12.9. The van der Waals surface area contributed by atoms with Gasteiger partial charge < -0.3 is 5.32 Å². The summed E-state index contributed by atoms with van der Waals surface area (Å²) in [6.07, 6.45) is 6.32. The molecule has 2 aliphatic heterocycles. The van der Waals surface area contributed by atoms with Crippen LogP contribution in [0.4, 0.5) is 4.39 Å². The third-order valence-corrected chi connectivity index (χ3v) is 4.86. The number of hydrogen-bond acceptors (Lipinski definition) is 2. The van der Waals surface area contributed by atoms with Gasteiger partial charge in [0, 0.05) is 24.7 Å². The minimum absolute atomic E-state index is 0.140. The van der Waals surface area contributed by atoms with Crippen LogP contribution in [0.3, 0.4) is 0 Å². The molecule has 0 aliphatic carbocycles. The second-order valence-electron chi connectivity index (χ2n) is 5.96. The van der Waals surface area contributed by atoms with E-state index >= 15 is 0 Å². The van der Waals surface area contributed by atoms with Crippen molar-refractivity contribution < 1.29 is 4.39 Å². The molecule has 1 aromatic rings. The van der Waals surface area contributed by atoms with Crippen molar-refractivity contribution in [3.8, 4) is 0 Å². The molecule has 2 bridgehead atoms. The SMILES string of the molecule is CNC1CC2CCC(C1)N2CCc1ccc(F)cc1. The minimum Gasteiger partial charge on any atom is -0.317 e. The van der Waals surface area contributed by atoms with Crippen molar-refractivity contribution in [2.24, 2.45) is 0 Å². The molecule has 0 spiro atoms. The maximum absolute atomic E-state index is 12.9. The molecule has 2 unspecified atom stereocenters. The number of fused-ring (bicyclic) bond motifs is 2. The molecule has 0 aromatic heterocycles. The largest absolute Gasteiger partial charge is 0.317 e. The Kier molecular flexibility index (Phi) is 3.85. The van der Waals surface area contributed by atoms with Crippen LogP contribution in [0.2, 0.25) is 0 Å². The number of piperidine rings is 1. The third kappa shape index (κ3) is 2.82. The molecule has 104 valence electrons. The lowest BCUT2D eigenvalue weighted by atomic mass is 9.97. The van der Waals surface area contributed by atoms with E-state index in [0.29, 0.717) is 6.04 Å². The zero-order chi connectivity index (χ0) is 13.2. The van der Waals surface area contributed by atoms with Gasteiger partial charge in [0.25, 0.3) is 0 Å². The lowest BCUT2D eigenvalue weighted by Gasteiger charge is -2.39. The fourth-order valence-electron chi connectivity index (χ4n) is 3.78. The Bertz CT molecular complexity index is 403. The molecular weight excluding hydrogens is 239 g/mol. The van der Waals surface area contributed by atoms with E-state index in [1.807, 2.05) is 12.1 Å². The Morgan fingerprint density at radius 3 is 2.37 bits per heavy atom. The Labute approximate surface area is 115 Å². The summed E-state index contributed by atoms with van der Waals surface area (Å²) in [6.45, 7) is 1.12. The van der Waals surface area contributed by atoms with Gasteiger partial charge in [0.2, 0.25) is 0 Å². The van der Waals surface area contributed by atoms with E-state index in [-0.39, 0.29) is 5.82 Å². The molecule has 2 atom stereocenters. The molecule has 2 saturated heterocycles. The van der Waals surface area contributed by atoms with Gasteiger partial charge in [0.05, 0.1) is 0 Å². The molecular formula is C16H23FN2. The number of halogens is 1. The average molecular weight is 262 g/mol. The van der Waals surface area contributed by atoms with E-state index in [2.05, 4.69) is 17.3 Å². The van der Waals surface area contributed by atoms with Gasteiger partial charge in [-0.3, -0.25) is 4.90 Å². The number of rotatable bonds is 4. The van der Waals surface area contributed by atoms with Gasteiger partial charge in [0.1, 0.15) is 5.82 Å². The van der Waals surface area contributed by atoms with E-state index in [4.69, 9.17) is 0 Å². The van der Waals surface area contributed by atoms with Crippen molar-refractivity contribution in [3.05, 3.63) is 35.6 Å². The van der Waals surface area contributed by atoms with E-state index in [1.165, 1.54) is 31.2 Å². The van der Waals surface area contributed by atoms with Gasteiger partial charge in [-0.15, -0.1) is 0 Å². The zero-order valence-corrected chi connectivity index (χ0v) is 11.6. The Balaban J connectivity index is 1.58. The average Bonchev–Trinajstić information content (AvgIpc) is 2.67. The summed E-state index contributed by atoms with van der Waals surface area (Å²) >= 11 is 0. The van der Waals surface area contributed by atoms with Crippen LogP contribution >= 0.6 is 0 Å². The molecule has 0 saturated carbocycles. The van der Waals surface area contributed by atoms with Crippen LogP contribution in [0.15, 0.2) is 24.3 Å². The number of hydrogen-bond donors (Lipinski definition) is 1. The van der Waals surface area contributed by atoms with E-state index in [0.717, 1.165) is 25.0 Å². The Morgan fingerprint density at radius 1 is 1.16 bits per heavy atom. The van der Waals surface area contributed by atoms with Crippen molar-refractivity contribution in [1.82, 2.24) is 10.2 Å². The summed E-state index contributed by atoms with van der Waals surface area (Å²) < 4.78 is 12.9. The van der Waals surface area contributed by atoms with Crippen LogP contribution in [0, 0.1) is 5.82 Å². The van der Waals surface area contributed by atoms with Gasteiger partial charge in [-0.1, -0.05) is 12.1 Å². The molecule has 3 heteroatoms. The molecule has 2 fully saturated rings. The quantitative estimate of drug-likeness (QED) is 0.897. The summed E-state index contributed by atoms with van der Waals surface area (Å²) in [7, 11) is 2.08. The Hall–Kier alpha value is -0.930. The minimum atomic E-state index is -0.140. The van der Waals surface area contributed by atoms with E-state index < -0.39 is 0 Å². The summed E-state index contributed by atoms with van der Waals surface area (Å²) in [4.78, 5) is 2.69. The first kappa shape index (κ1) is 13.1. The van der Waals surface area contributed by atoms with Crippen LogP contribution in [-0.2, 0) is 6.42 Å². The molecule has 3 rings (SSSR count). The summed E-state index contributed by atoms with van der Waals surface area (Å²) in [6, 6.07) is 9.19. The topological polar surface area (TPSA) is 15.3 Å². The lowest BCUT2D eigenvalue weighted by Crippen LogP contribution is -2.48.